The minimum absolute atomic E-state index is 0.218. The standard InChI is InChI=1S/C11H11F3N4/c1-7(15)8-2-4-16-10(6-8)18-5-3-9(17-18)11(12,13)14/h2-7H,15H2,1H3. The molecule has 0 saturated carbocycles. The topological polar surface area (TPSA) is 56.7 Å². The Hall–Kier alpha value is -1.89. The van der Waals surface area contributed by atoms with Gasteiger partial charge < -0.3 is 5.73 Å². The predicted molar refractivity (Wildman–Crippen MR) is 59.0 cm³/mol. The summed E-state index contributed by atoms with van der Waals surface area (Å²) in [5, 5.41) is 3.44. The van der Waals surface area contributed by atoms with E-state index in [1.807, 2.05) is 0 Å². The second-order valence-corrected chi connectivity index (χ2v) is 3.88. The Morgan fingerprint density at radius 1 is 1.33 bits per heavy atom. The third kappa shape index (κ3) is 2.51. The van der Waals surface area contributed by atoms with Crippen molar-refractivity contribution < 1.29 is 13.2 Å². The first-order chi connectivity index (χ1) is 8.38. The number of alkyl halides is 3. The molecule has 0 bridgehead atoms. The van der Waals surface area contributed by atoms with E-state index in [1.54, 1.807) is 19.1 Å². The summed E-state index contributed by atoms with van der Waals surface area (Å²) < 4.78 is 38.3. The molecule has 2 N–H and O–H groups in total. The highest BCUT2D eigenvalue weighted by atomic mass is 19.4. The molecule has 0 saturated heterocycles. The van der Waals surface area contributed by atoms with Crippen LogP contribution in [0.3, 0.4) is 0 Å². The molecule has 1 unspecified atom stereocenters. The Labute approximate surface area is 101 Å². The molecule has 0 amide bonds. The van der Waals surface area contributed by atoms with Crippen molar-refractivity contribution in [1.29, 1.82) is 0 Å². The van der Waals surface area contributed by atoms with Crippen LogP contribution in [0.5, 0.6) is 0 Å². The van der Waals surface area contributed by atoms with Crippen LogP contribution in [-0.2, 0) is 6.18 Å². The number of hydrogen-bond donors (Lipinski definition) is 1. The molecule has 7 heteroatoms. The molecule has 0 aliphatic rings. The van der Waals surface area contributed by atoms with Crippen LogP contribution in [-0.4, -0.2) is 14.8 Å². The molecule has 4 nitrogen and oxygen atoms in total. The highest BCUT2D eigenvalue weighted by molar-refractivity contribution is 5.29. The molecule has 18 heavy (non-hydrogen) atoms. The normalized spacial score (nSPS) is 13.6. The van der Waals surface area contributed by atoms with E-state index in [0.29, 0.717) is 5.82 Å². The van der Waals surface area contributed by atoms with Crippen molar-refractivity contribution in [3.63, 3.8) is 0 Å². The molecule has 0 spiro atoms. The van der Waals surface area contributed by atoms with Crippen molar-refractivity contribution in [1.82, 2.24) is 14.8 Å². The van der Waals surface area contributed by atoms with E-state index in [2.05, 4.69) is 10.1 Å². The minimum atomic E-state index is -4.45. The molecule has 0 aliphatic heterocycles. The van der Waals surface area contributed by atoms with Gasteiger partial charge in [0, 0.05) is 18.4 Å². The number of rotatable bonds is 2. The van der Waals surface area contributed by atoms with Gasteiger partial charge in [0.15, 0.2) is 11.5 Å². The Bertz CT molecular complexity index is 545. The van der Waals surface area contributed by atoms with Gasteiger partial charge in [0.1, 0.15) is 0 Å². The van der Waals surface area contributed by atoms with Crippen LogP contribution in [0.15, 0.2) is 30.6 Å². The fourth-order valence-corrected chi connectivity index (χ4v) is 1.45. The lowest BCUT2D eigenvalue weighted by molar-refractivity contribution is -0.141. The average molecular weight is 256 g/mol. The number of nitrogens with two attached hydrogens (primary N) is 1. The second-order valence-electron chi connectivity index (χ2n) is 3.88. The Kier molecular flexibility index (Phi) is 3.08. The zero-order chi connectivity index (χ0) is 13.3. The van der Waals surface area contributed by atoms with Crippen LogP contribution in [0, 0.1) is 0 Å². The third-order valence-electron chi connectivity index (χ3n) is 2.41. The number of nitrogens with zero attached hydrogens (tertiary/aromatic N) is 3. The van der Waals surface area contributed by atoms with Gasteiger partial charge in [-0.05, 0) is 30.7 Å². The van der Waals surface area contributed by atoms with E-state index in [-0.39, 0.29) is 6.04 Å². The van der Waals surface area contributed by atoms with E-state index in [1.165, 1.54) is 12.4 Å². The molecule has 2 rings (SSSR count). The molecule has 0 radical (unpaired) electrons. The van der Waals surface area contributed by atoms with Gasteiger partial charge in [-0.15, -0.1) is 0 Å². The van der Waals surface area contributed by atoms with Crippen molar-refractivity contribution in [2.45, 2.75) is 19.1 Å². The highest BCUT2D eigenvalue weighted by Crippen LogP contribution is 2.27. The summed E-state index contributed by atoms with van der Waals surface area (Å²) in [4.78, 5) is 3.96. The van der Waals surface area contributed by atoms with Crippen molar-refractivity contribution in [3.05, 3.63) is 41.9 Å². The molecular formula is C11H11F3N4. The van der Waals surface area contributed by atoms with Gasteiger partial charge >= 0.3 is 6.18 Å². The molecular weight excluding hydrogens is 245 g/mol. The van der Waals surface area contributed by atoms with Crippen molar-refractivity contribution in [2.24, 2.45) is 5.73 Å². The number of halogens is 3. The smallest absolute Gasteiger partial charge is 0.324 e. The molecule has 96 valence electrons. The number of aromatic nitrogens is 3. The number of pyridine rings is 1. The summed E-state index contributed by atoms with van der Waals surface area (Å²) in [5.74, 6) is 0.306. The van der Waals surface area contributed by atoms with Gasteiger partial charge in [-0.25, -0.2) is 9.67 Å². The van der Waals surface area contributed by atoms with Crippen LogP contribution in [0.25, 0.3) is 5.82 Å². The SMILES string of the molecule is CC(N)c1ccnc(-n2ccc(C(F)(F)F)n2)c1. The van der Waals surface area contributed by atoms with Crippen molar-refractivity contribution in [3.8, 4) is 5.82 Å². The lowest BCUT2D eigenvalue weighted by atomic mass is 10.1. The Morgan fingerprint density at radius 2 is 2.06 bits per heavy atom. The first kappa shape index (κ1) is 12.6. The third-order valence-corrected chi connectivity index (χ3v) is 2.41. The van der Waals surface area contributed by atoms with E-state index in [0.717, 1.165) is 16.3 Å². The molecule has 2 aromatic heterocycles. The average Bonchev–Trinajstić information content (AvgIpc) is 2.78. The van der Waals surface area contributed by atoms with Crippen LogP contribution in [0.2, 0.25) is 0 Å². The summed E-state index contributed by atoms with van der Waals surface area (Å²) in [5.41, 5.74) is 5.53. The number of hydrogen-bond acceptors (Lipinski definition) is 3. The molecule has 0 fully saturated rings. The summed E-state index contributed by atoms with van der Waals surface area (Å²) in [6.45, 7) is 1.78. The quantitative estimate of drug-likeness (QED) is 0.897. The summed E-state index contributed by atoms with van der Waals surface area (Å²) in [7, 11) is 0. The van der Waals surface area contributed by atoms with Gasteiger partial charge in [-0.3, -0.25) is 0 Å². The van der Waals surface area contributed by atoms with E-state index in [9.17, 15) is 13.2 Å². The van der Waals surface area contributed by atoms with Crippen molar-refractivity contribution >= 4 is 0 Å². The van der Waals surface area contributed by atoms with Crippen LogP contribution >= 0.6 is 0 Å². The monoisotopic (exact) mass is 256 g/mol. The van der Waals surface area contributed by atoms with Gasteiger partial charge in [0.05, 0.1) is 0 Å². The summed E-state index contributed by atoms with van der Waals surface area (Å²) >= 11 is 0. The first-order valence-electron chi connectivity index (χ1n) is 5.22. The second kappa shape index (κ2) is 4.41. The zero-order valence-corrected chi connectivity index (χ0v) is 9.52. The Balaban J connectivity index is 2.37. The fourth-order valence-electron chi connectivity index (χ4n) is 1.45. The van der Waals surface area contributed by atoms with Crippen LogP contribution in [0.4, 0.5) is 13.2 Å². The zero-order valence-electron chi connectivity index (χ0n) is 9.52. The molecule has 2 aromatic rings. The molecule has 0 aliphatic carbocycles. The van der Waals surface area contributed by atoms with Crippen molar-refractivity contribution in [2.75, 3.05) is 0 Å². The fraction of sp³-hybridized carbons (Fsp3) is 0.273. The van der Waals surface area contributed by atoms with E-state index >= 15 is 0 Å². The van der Waals surface area contributed by atoms with Crippen LogP contribution in [0.1, 0.15) is 24.2 Å². The van der Waals surface area contributed by atoms with Crippen LogP contribution < -0.4 is 5.73 Å². The van der Waals surface area contributed by atoms with Gasteiger partial charge in [0.2, 0.25) is 0 Å². The maximum Gasteiger partial charge on any atom is 0.435 e. The summed E-state index contributed by atoms with van der Waals surface area (Å²) in [6.07, 6.45) is -1.75. The lowest BCUT2D eigenvalue weighted by Gasteiger charge is -2.07. The van der Waals surface area contributed by atoms with Gasteiger partial charge in [-0.2, -0.15) is 18.3 Å². The Morgan fingerprint density at radius 3 is 2.61 bits per heavy atom. The lowest BCUT2D eigenvalue weighted by Crippen LogP contribution is -2.09. The molecule has 0 aromatic carbocycles. The maximum absolute atomic E-state index is 12.4. The predicted octanol–water partition coefficient (Wildman–Crippen LogP) is 2.31. The van der Waals surface area contributed by atoms with Gasteiger partial charge in [0.25, 0.3) is 0 Å². The maximum atomic E-state index is 12.4. The summed E-state index contributed by atoms with van der Waals surface area (Å²) in [6, 6.07) is 4.00. The van der Waals surface area contributed by atoms with Gasteiger partial charge in [-0.1, -0.05) is 0 Å². The minimum Gasteiger partial charge on any atom is -0.324 e. The largest absolute Gasteiger partial charge is 0.435 e. The molecule has 1 atom stereocenters. The van der Waals surface area contributed by atoms with E-state index in [4.69, 9.17) is 5.73 Å². The van der Waals surface area contributed by atoms with E-state index < -0.39 is 11.9 Å². The highest BCUT2D eigenvalue weighted by Gasteiger charge is 2.33. The molecule has 2 heterocycles. The first-order valence-corrected chi connectivity index (χ1v) is 5.22.